The van der Waals surface area contributed by atoms with E-state index >= 15 is 0 Å². The fraction of sp³-hybridized carbons (Fsp3) is 0.375. The highest BCUT2D eigenvalue weighted by Gasteiger charge is 2.30. The molecule has 116 valence electrons. The van der Waals surface area contributed by atoms with Crippen LogP contribution in [0.2, 0.25) is 0 Å². The van der Waals surface area contributed by atoms with Crippen LogP contribution in [-0.4, -0.2) is 12.8 Å². The summed E-state index contributed by atoms with van der Waals surface area (Å²) in [6, 6.07) is 9.95. The van der Waals surface area contributed by atoms with E-state index in [9.17, 15) is 23.7 Å². The van der Waals surface area contributed by atoms with E-state index in [0.29, 0.717) is 18.4 Å². The standard InChI is InChI=1S/C16H15F3N2O/c1-2-3-8-15(10-20,11-21)9-13-4-6-14(7-5-13)22-12-16(17,18)19/h2,4-7H,1,3,8-9,12H2. The maximum absolute atomic E-state index is 12.0. The third-order valence-electron chi connectivity index (χ3n) is 3.04. The zero-order valence-corrected chi connectivity index (χ0v) is 11.9. The Morgan fingerprint density at radius 3 is 2.18 bits per heavy atom. The average molecular weight is 308 g/mol. The molecule has 1 aromatic rings. The smallest absolute Gasteiger partial charge is 0.422 e. The highest BCUT2D eigenvalue weighted by molar-refractivity contribution is 5.30. The Labute approximate surface area is 127 Å². The van der Waals surface area contributed by atoms with Gasteiger partial charge >= 0.3 is 6.18 Å². The number of rotatable bonds is 7. The number of nitrogens with zero attached hydrogens (tertiary/aromatic N) is 2. The Balaban J connectivity index is 2.76. The van der Waals surface area contributed by atoms with Crippen LogP contribution in [0.25, 0.3) is 0 Å². The number of benzene rings is 1. The van der Waals surface area contributed by atoms with Gasteiger partial charge in [0, 0.05) is 6.42 Å². The summed E-state index contributed by atoms with van der Waals surface area (Å²) in [6.45, 7) is 2.21. The summed E-state index contributed by atoms with van der Waals surface area (Å²) in [5, 5.41) is 18.5. The number of ether oxygens (including phenoxy) is 1. The van der Waals surface area contributed by atoms with Crippen LogP contribution in [0.1, 0.15) is 18.4 Å². The van der Waals surface area contributed by atoms with Gasteiger partial charge < -0.3 is 4.74 Å². The van der Waals surface area contributed by atoms with Crippen molar-refractivity contribution in [2.45, 2.75) is 25.4 Å². The molecule has 22 heavy (non-hydrogen) atoms. The van der Waals surface area contributed by atoms with E-state index in [-0.39, 0.29) is 12.2 Å². The normalized spacial score (nSPS) is 11.3. The van der Waals surface area contributed by atoms with Crippen molar-refractivity contribution in [3.63, 3.8) is 0 Å². The van der Waals surface area contributed by atoms with Crippen molar-refractivity contribution in [2.75, 3.05) is 6.61 Å². The molecular formula is C16H15F3N2O. The molecule has 0 aliphatic rings. The minimum absolute atomic E-state index is 0.0895. The lowest BCUT2D eigenvalue weighted by Gasteiger charge is -2.18. The van der Waals surface area contributed by atoms with Crippen molar-refractivity contribution in [3.05, 3.63) is 42.5 Å². The van der Waals surface area contributed by atoms with Crippen LogP contribution in [0.5, 0.6) is 5.75 Å². The minimum atomic E-state index is -4.39. The van der Waals surface area contributed by atoms with Crippen LogP contribution in [0.15, 0.2) is 36.9 Å². The SMILES string of the molecule is C=CCCC(C#N)(C#N)Cc1ccc(OCC(F)(F)F)cc1. The molecule has 0 bridgehead atoms. The third-order valence-corrected chi connectivity index (χ3v) is 3.04. The van der Waals surface area contributed by atoms with Gasteiger partial charge in [-0.05, 0) is 30.5 Å². The van der Waals surface area contributed by atoms with Crippen LogP contribution < -0.4 is 4.74 Å². The van der Waals surface area contributed by atoms with Crippen LogP contribution >= 0.6 is 0 Å². The van der Waals surface area contributed by atoms with Crippen LogP contribution in [0, 0.1) is 28.1 Å². The van der Waals surface area contributed by atoms with Crippen LogP contribution in [-0.2, 0) is 6.42 Å². The molecule has 0 aliphatic carbocycles. The average Bonchev–Trinajstić information content (AvgIpc) is 2.50. The van der Waals surface area contributed by atoms with Crippen molar-refractivity contribution in [1.29, 1.82) is 10.5 Å². The monoisotopic (exact) mass is 308 g/mol. The Morgan fingerprint density at radius 2 is 1.73 bits per heavy atom. The fourth-order valence-electron chi connectivity index (χ4n) is 1.87. The maximum Gasteiger partial charge on any atom is 0.422 e. The molecule has 0 unspecified atom stereocenters. The zero-order chi connectivity index (χ0) is 16.6. The molecule has 0 amide bonds. The summed E-state index contributed by atoms with van der Waals surface area (Å²) in [7, 11) is 0. The molecule has 0 N–H and O–H groups in total. The summed E-state index contributed by atoms with van der Waals surface area (Å²) < 4.78 is 40.7. The number of nitriles is 2. The van der Waals surface area contributed by atoms with Crippen molar-refractivity contribution in [3.8, 4) is 17.9 Å². The van der Waals surface area contributed by atoms with Gasteiger partial charge in [-0.1, -0.05) is 18.2 Å². The predicted molar refractivity (Wildman–Crippen MR) is 74.8 cm³/mol. The topological polar surface area (TPSA) is 56.8 Å². The fourth-order valence-corrected chi connectivity index (χ4v) is 1.87. The molecule has 0 saturated heterocycles. The van der Waals surface area contributed by atoms with E-state index in [0.717, 1.165) is 0 Å². The first kappa shape index (κ1) is 17.6. The van der Waals surface area contributed by atoms with E-state index in [1.54, 1.807) is 18.2 Å². The third kappa shape index (κ3) is 5.49. The second kappa shape index (κ2) is 7.51. The molecule has 0 atom stereocenters. The number of halogens is 3. The van der Waals surface area contributed by atoms with E-state index in [2.05, 4.69) is 11.3 Å². The molecule has 0 radical (unpaired) electrons. The second-order valence-corrected chi connectivity index (χ2v) is 4.86. The van der Waals surface area contributed by atoms with Crippen molar-refractivity contribution in [1.82, 2.24) is 0 Å². The Morgan fingerprint density at radius 1 is 1.14 bits per heavy atom. The lowest BCUT2D eigenvalue weighted by atomic mass is 9.80. The quantitative estimate of drug-likeness (QED) is 0.710. The van der Waals surface area contributed by atoms with Gasteiger partial charge in [0.1, 0.15) is 11.2 Å². The van der Waals surface area contributed by atoms with Crippen molar-refractivity contribution >= 4 is 0 Å². The Kier molecular flexibility index (Phi) is 6.00. The van der Waals surface area contributed by atoms with Crippen molar-refractivity contribution in [2.24, 2.45) is 5.41 Å². The van der Waals surface area contributed by atoms with Gasteiger partial charge in [-0.15, -0.1) is 6.58 Å². The lowest BCUT2D eigenvalue weighted by Crippen LogP contribution is -2.20. The second-order valence-electron chi connectivity index (χ2n) is 4.86. The highest BCUT2D eigenvalue weighted by atomic mass is 19.4. The van der Waals surface area contributed by atoms with E-state index < -0.39 is 18.2 Å². The summed E-state index contributed by atoms with van der Waals surface area (Å²) >= 11 is 0. The van der Waals surface area contributed by atoms with Gasteiger partial charge in [-0.2, -0.15) is 23.7 Å². The predicted octanol–water partition coefficient (Wildman–Crippen LogP) is 4.17. The summed E-state index contributed by atoms with van der Waals surface area (Å²) in [4.78, 5) is 0. The van der Waals surface area contributed by atoms with Gasteiger partial charge in [0.25, 0.3) is 0 Å². The molecule has 3 nitrogen and oxygen atoms in total. The van der Waals surface area contributed by atoms with Crippen LogP contribution in [0.3, 0.4) is 0 Å². The number of alkyl halides is 3. The van der Waals surface area contributed by atoms with Crippen LogP contribution in [0.4, 0.5) is 13.2 Å². The minimum Gasteiger partial charge on any atom is -0.484 e. The molecule has 0 fully saturated rings. The summed E-state index contributed by atoms with van der Waals surface area (Å²) in [5.41, 5.74) is -0.478. The molecule has 0 aromatic heterocycles. The van der Waals surface area contributed by atoms with Gasteiger partial charge in [-0.25, -0.2) is 0 Å². The number of hydrogen-bond donors (Lipinski definition) is 0. The maximum atomic E-state index is 12.0. The van der Waals surface area contributed by atoms with E-state index in [1.165, 1.54) is 12.1 Å². The lowest BCUT2D eigenvalue weighted by molar-refractivity contribution is -0.153. The molecule has 0 heterocycles. The van der Waals surface area contributed by atoms with Gasteiger partial charge in [0.05, 0.1) is 12.1 Å². The van der Waals surface area contributed by atoms with E-state index in [4.69, 9.17) is 0 Å². The van der Waals surface area contributed by atoms with Gasteiger partial charge in [-0.3, -0.25) is 0 Å². The van der Waals surface area contributed by atoms with Gasteiger partial charge in [0.2, 0.25) is 0 Å². The molecule has 1 aromatic carbocycles. The van der Waals surface area contributed by atoms with Gasteiger partial charge in [0.15, 0.2) is 6.61 Å². The highest BCUT2D eigenvalue weighted by Crippen LogP contribution is 2.28. The Hall–Kier alpha value is -2.47. The van der Waals surface area contributed by atoms with E-state index in [1.807, 2.05) is 12.1 Å². The first-order chi connectivity index (χ1) is 10.3. The molecule has 0 saturated carbocycles. The molecular weight excluding hydrogens is 293 g/mol. The molecule has 0 spiro atoms. The summed E-state index contributed by atoms with van der Waals surface area (Å²) in [6.07, 6.45) is -1.66. The first-order valence-corrected chi connectivity index (χ1v) is 6.56. The number of hydrogen-bond acceptors (Lipinski definition) is 3. The molecule has 0 aliphatic heterocycles. The molecule has 6 heteroatoms. The first-order valence-electron chi connectivity index (χ1n) is 6.56. The summed E-state index contributed by atoms with van der Waals surface area (Å²) in [5.74, 6) is 0.0895. The zero-order valence-electron chi connectivity index (χ0n) is 11.9. The Bertz CT molecular complexity index is 565. The largest absolute Gasteiger partial charge is 0.484 e. The van der Waals surface area contributed by atoms with Crippen molar-refractivity contribution < 1.29 is 17.9 Å². The number of allylic oxidation sites excluding steroid dienone is 1. The molecule has 1 rings (SSSR count).